The van der Waals surface area contributed by atoms with Crippen molar-refractivity contribution in [2.24, 2.45) is 21.1 Å². The predicted molar refractivity (Wildman–Crippen MR) is 136 cm³/mol. The summed E-state index contributed by atoms with van der Waals surface area (Å²) in [6, 6.07) is 16.9. The third-order valence-electron chi connectivity index (χ3n) is 6.84. The first-order chi connectivity index (χ1) is 16.7. The summed E-state index contributed by atoms with van der Waals surface area (Å²) in [5.41, 5.74) is 2.36. The SMILES string of the molecule is CC1(C)CC2CC(C)(CN2c2ncnc(Nc3ccc(N=Nc4ccccc4)cc3)c2[N+](=O)[O-])C1. The van der Waals surface area contributed by atoms with Crippen molar-refractivity contribution in [1.29, 1.82) is 0 Å². The van der Waals surface area contributed by atoms with Gasteiger partial charge in [0.2, 0.25) is 11.6 Å². The van der Waals surface area contributed by atoms with Crippen LogP contribution in [0.5, 0.6) is 0 Å². The Morgan fingerprint density at radius 3 is 2.37 bits per heavy atom. The monoisotopic (exact) mass is 471 g/mol. The molecule has 2 aliphatic rings. The molecule has 0 spiro atoms. The van der Waals surface area contributed by atoms with Gasteiger partial charge in [0, 0.05) is 18.3 Å². The molecule has 5 rings (SSSR count). The number of aromatic nitrogens is 2. The summed E-state index contributed by atoms with van der Waals surface area (Å²) in [7, 11) is 0. The first-order valence-corrected chi connectivity index (χ1v) is 11.8. The zero-order valence-corrected chi connectivity index (χ0v) is 20.2. The normalized spacial score (nSPS) is 22.9. The summed E-state index contributed by atoms with van der Waals surface area (Å²) < 4.78 is 0. The van der Waals surface area contributed by atoms with Crippen LogP contribution in [0.4, 0.5) is 34.4 Å². The Kier molecular flexibility index (Phi) is 5.70. The molecule has 1 saturated heterocycles. The molecular weight excluding hydrogens is 442 g/mol. The lowest BCUT2D eigenvalue weighted by atomic mass is 9.65. The topological polar surface area (TPSA) is 109 Å². The van der Waals surface area contributed by atoms with E-state index in [1.807, 2.05) is 30.3 Å². The average molecular weight is 472 g/mol. The van der Waals surface area contributed by atoms with Gasteiger partial charge >= 0.3 is 5.69 Å². The smallest absolute Gasteiger partial charge is 0.347 e. The third kappa shape index (κ3) is 4.84. The molecule has 2 fully saturated rings. The van der Waals surface area contributed by atoms with E-state index in [4.69, 9.17) is 0 Å². The van der Waals surface area contributed by atoms with Crippen LogP contribution in [0.3, 0.4) is 0 Å². The van der Waals surface area contributed by atoms with Gasteiger partial charge in [0.25, 0.3) is 0 Å². The van der Waals surface area contributed by atoms with Gasteiger partial charge in [0.1, 0.15) is 6.33 Å². The van der Waals surface area contributed by atoms with Crippen LogP contribution in [0.15, 0.2) is 71.2 Å². The van der Waals surface area contributed by atoms with Crippen LogP contribution in [-0.2, 0) is 0 Å². The van der Waals surface area contributed by atoms with E-state index in [0.717, 1.165) is 31.5 Å². The molecule has 35 heavy (non-hydrogen) atoms. The second kappa shape index (κ2) is 8.72. The third-order valence-corrected chi connectivity index (χ3v) is 6.84. The van der Waals surface area contributed by atoms with Crippen molar-refractivity contribution in [3.63, 3.8) is 0 Å². The molecule has 1 aliphatic heterocycles. The Balaban J connectivity index is 1.39. The molecular formula is C26H29N7O2. The second-order valence-corrected chi connectivity index (χ2v) is 10.7. The van der Waals surface area contributed by atoms with E-state index in [1.165, 1.54) is 6.33 Å². The highest BCUT2D eigenvalue weighted by Crippen LogP contribution is 2.54. The van der Waals surface area contributed by atoms with Crippen molar-refractivity contribution in [2.45, 2.75) is 46.1 Å². The van der Waals surface area contributed by atoms with Crippen LogP contribution in [0, 0.1) is 20.9 Å². The standard InChI is InChI=1S/C26H29N7O2/c1-25(2)13-21-14-26(3,15-25)16-32(21)24-22(33(34)35)23(27-17-28-24)29-18-9-11-20(12-10-18)31-30-19-7-5-4-6-8-19/h4-12,17,21H,13-16H2,1-3H3,(H,27,28,29). The number of hydrogen-bond donors (Lipinski definition) is 1. The van der Waals surface area contributed by atoms with Crippen LogP contribution >= 0.6 is 0 Å². The van der Waals surface area contributed by atoms with E-state index in [-0.39, 0.29) is 33.3 Å². The van der Waals surface area contributed by atoms with Crippen molar-refractivity contribution < 1.29 is 4.92 Å². The quantitative estimate of drug-likeness (QED) is 0.237. The van der Waals surface area contributed by atoms with E-state index < -0.39 is 0 Å². The molecule has 0 amide bonds. The molecule has 1 N–H and O–H groups in total. The number of nitrogens with one attached hydrogen (secondary N) is 1. The maximum Gasteiger partial charge on any atom is 0.353 e. The van der Waals surface area contributed by atoms with Gasteiger partial charge in [-0.05, 0) is 66.5 Å². The number of anilines is 3. The summed E-state index contributed by atoms with van der Waals surface area (Å²) >= 11 is 0. The number of rotatable bonds is 6. The molecule has 1 aliphatic carbocycles. The molecule has 9 nitrogen and oxygen atoms in total. The van der Waals surface area contributed by atoms with Crippen LogP contribution in [-0.4, -0.2) is 27.5 Å². The maximum absolute atomic E-state index is 12.2. The minimum atomic E-state index is -0.379. The average Bonchev–Trinajstić information content (AvgIpc) is 3.07. The fourth-order valence-corrected chi connectivity index (χ4v) is 5.91. The van der Waals surface area contributed by atoms with E-state index in [2.05, 4.69) is 51.2 Å². The molecule has 180 valence electrons. The predicted octanol–water partition coefficient (Wildman–Crippen LogP) is 6.95. The molecule has 2 heterocycles. The van der Waals surface area contributed by atoms with Crippen molar-refractivity contribution in [2.75, 3.05) is 16.8 Å². The Labute approximate surface area is 204 Å². The van der Waals surface area contributed by atoms with Crippen LogP contribution in [0.25, 0.3) is 0 Å². The second-order valence-electron chi connectivity index (χ2n) is 10.7. The zero-order valence-electron chi connectivity index (χ0n) is 20.2. The molecule has 1 saturated carbocycles. The Bertz CT molecular complexity index is 1260. The zero-order chi connectivity index (χ0) is 24.6. The fourth-order valence-electron chi connectivity index (χ4n) is 5.91. The Morgan fingerprint density at radius 2 is 1.69 bits per heavy atom. The minimum Gasteiger partial charge on any atom is -0.347 e. The minimum absolute atomic E-state index is 0.0886. The summed E-state index contributed by atoms with van der Waals surface area (Å²) in [6.45, 7) is 7.61. The molecule has 2 bridgehead atoms. The summed E-state index contributed by atoms with van der Waals surface area (Å²) in [4.78, 5) is 22.6. The van der Waals surface area contributed by atoms with Gasteiger partial charge in [0.05, 0.1) is 16.3 Å². The van der Waals surface area contributed by atoms with Gasteiger partial charge in [-0.3, -0.25) is 10.1 Å². The van der Waals surface area contributed by atoms with E-state index in [1.54, 1.807) is 24.3 Å². The molecule has 0 radical (unpaired) electrons. The molecule has 2 atom stereocenters. The van der Waals surface area contributed by atoms with Crippen molar-refractivity contribution in [3.05, 3.63) is 71.0 Å². The van der Waals surface area contributed by atoms with Gasteiger partial charge in [0.15, 0.2) is 0 Å². The van der Waals surface area contributed by atoms with Crippen LogP contribution < -0.4 is 10.2 Å². The molecule has 3 aromatic rings. The van der Waals surface area contributed by atoms with Crippen molar-refractivity contribution >= 4 is 34.4 Å². The molecule has 9 heteroatoms. The molecule has 2 aromatic carbocycles. The van der Waals surface area contributed by atoms with Crippen molar-refractivity contribution in [3.8, 4) is 0 Å². The van der Waals surface area contributed by atoms with Crippen LogP contribution in [0.2, 0.25) is 0 Å². The fraction of sp³-hybridized carbons (Fsp3) is 0.385. The summed E-state index contributed by atoms with van der Waals surface area (Å²) in [5, 5.41) is 23.8. The lowest BCUT2D eigenvalue weighted by molar-refractivity contribution is -0.383. The number of benzene rings is 2. The lowest BCUT2D eigenvalue weighted by Crippen LogP contribution is -2.35. The Morgan fingerprint density at radius 1 is 1.00 bits per heavy atom. The highest BCUT2D eigenvalue weighted by atomic mass is 16.6. The van der Waals surface area contributed by atoms with Gasteiger partial charge in [-0.2, -0.15) is 10.2 Å². The number of fused-ring (bicyclic) bond motifs is 2. The number of nitrogens with zero attached hydrogens (tertiary/aromatic N) is 6. The van der Waals surface area contributed by atoms with E-state index in [9.17, 15) is 10.1 Å². The van der Waals surface area contributed by atoms with Gasteiger partial charge in [-0.1, -0.05) is 39.0 Å². The summed E-state index contributed by atoms with van der Waals surface area (Å²) in [5.74, 6) is 0.580. The number of azo groups is 1. The number of hydrogen-bond acceptors (Lipinski definition) is 8. The van der Waals surface area contributed by atoms with Gasteiger partial charge in [-0.25, -0.2) is 9.97 Å². The van der Waals surface area contributed by atoms with E-state index in [0.29, 0.717) is 17.2 Å². The lowest BCUT2D eigenvalue weighted by Gasteiger charge is -2.39. The van der Waals surface area contributed by atoms with Gasteiger partial charge < -0.3 is 10.2 Å². The Hall–Kier alpha value is -3.88. The highest BCUT2D eigenvalue weighted by Gasteiger charge is 2.51. The first-order valence-electron chi connectivity index (χ1n) is 11.8. The number of nitro groups is 1. The highest BCUT2D eigenvalue weighted by molar-refractivity contribution is 5.75. The first kappa shape index (κ1) is 22.9. The van der Waals surface area contributed by atoms with Gasteiger partial charge in [-0.15, -0.1) is 0 Å². The maximum atomic E-state index is 12.2. The van der Waals surface area contributed by atoms with Crippen molar-refractivity contribution in [1.82, 2.24) is 9.97 Å². The summed E-state index contributed by atoms with van der Waals surface area (Å²) in [6.07, 6.45) is 4.53. The largest absolute Gasteiger partial charge is 0.353 e. The molecule has 2 unspecified atom stereocenters. The molecule has 1 aromatic heterocycles. The van der Waals surface area contributed by atoms with Crippen LogP contribution in [0.1, 0.15) is 40.0 Å². The van der Waals surface area contributed by atoms with E-state index >= 15 is 0 Å².